The Balaban J connectivity index is 3.04. The second kappa shape index (κ2) is 9.76. The monoisotopic (exact) mass is 356 g/mol. The Hall–Kier alpha value is -2.62. The van der Waals surface area contributed by atoms with Crippen LogP contribution in [0.4, 0.5) is 0 Å². The molecule has 4 heteroatoms. The molecule has 0 heterocycles. The molecule has 0 saturated carbocycles. The van der Waals surface area contributed by atoms with E-state index < -0.39 is 11.9 Å². The van der Waals surface area contributed by atoms with E-state index in [0.29, 0.717) is 0 Å². The molecule has 0 aliphatic carbocycles. The third-order valence-electron chi connectivity index (χ3n) is 3.83. The Bertz CT molecular complexity index is 724. The molecule has 26 heavy (non-hydrogen) atoms. The van der Waals surface area contributed by atoms with E-state index in [1.165, 1.54) is 19.4 Å². The Morgan fingerprint density at radius 1 is 1.08 bits per heavy atom. The van der Waals surface area contributed by atoms with E-state index in [1.54, 1.807) is 18.2 Å². The van der Waals surface area contributed by atoms with Gasteiger partial charge in [-0.15, -0.1) is 6.58 Å². The normalized spacial score (nSPS) is 13.0. The fourth-order valence-corrected chi connectivity index (χ4v) is 2.31. The average Bonchev–Trinajstić information content (AvgIpc) is 2.54. The molecule has 1 unspecified atom stereocenters. The second-order valence-electron chi connectivity index (χ2n) is 6.76. The highest BCUT2D eigenvalue weighted by Gasteiger charge is 2.16. The summed E-state index contributed by atoms with van der Waals surface area (Å²) >= 11 is 0. The smallest absolute Gasteiger partial charge is 0.308 e. The Morgan fingerprint density at radius 2 is 1.69 bits per heavy atom. The molecule has 4 nitrogen and oxygen atoms in total. The zero-order valence-corrected chi connectivity index (χ0v) is 16.3. The van der Waals surface area contributed by atoms with Crippen LogP contribution in [-0.2, 0) is 9.59 Å². The first-order valence-corrected chi connectivity index (χ1v) is 8.62. The van der Waals surface area contributed by atoms with Crippen molar-refractivity contribution >= 4 is 18.0 Å². The fourth-order valence-electron chi connectivity index (χ4n) is 2.31. The zero-order chi connectivity index (χ0) is 19.7. The summed E-state index contributed by atoms with van der Waals surface area (Å²) in [5, 5.41) is 0. The van der Waals surface area contributed by atoms with E-state index in [9.17, 15) is 9.59 Å². The molecule has 0 aromatic heterocycles. The van der Waals surface area contributed by atoms with Crippen molar-refractivity contribution in [3.8, 4) is 11.5 Å². The molecule has 1 aromatic carbocycles. The number of hydrogen-bond acceptors (Lipinski definition) is 4. The van der Waals surface area contributed by atoms with Crippen molar-refractivity contribution in [2.24, 2.45) is 5.41 Å². The summed E-state index contributed by atoms with van der Waals surface area (Å²) in [6, 6.07) is 5.10. The lowest BCUT2D eigenvalue weighted by Gasteiger charge is -2.20. The number of benzene rings is 1. The summed E-state index contributed by atoms with van der Waals surface area (Å²) in [5.41, 5.74) is 1.99. The highest BCUT2D eigenvalue weighted by Crippen LogP contribution is 2.32. The zero-order valence-electron chi connectivity index (χ0n) is 16.3. The molecule has 0 N–H and O–H groups in total. The lowest BCUT2D eigenvalue weighted by Crippen LogP contribution is -2.08. The first kappa shape index (κ1) is 21.4. The number of esters is 2. The predicted octanol–water partition coefficient (Wildman–Crippen LogP) is 5.49. The SMILES string of the molecule is C=CC(C)(/C=C/c1ccc(OC(C)=O)c(OC(C)=O)c1)CCC=C(C)C. The van der Waals surface area contributed by atoms with Crippen LogP contribution >= 0.6 is 0 Å². The highest BCUT2D eigenvalue weighted by molar-refractivity contribution is 5.74. The minimum absolute atomic E-state index is 0.151. The Morgan fingerprint density at radius 3 is 2.23 bits per heavy atom. The van der Waals surface area contributed by atoms with Gasteiger partial charge < -0.3 is 9.47 Å². The van der Waals surface area contributed by atoms with E-state index in [2.05, 4.69) is 39.5 Å². The van der Waals surface area contributed by atoms with Gasteiger partial charge in [-0.1, -0.05) is 42.9 Å². The van der Waals surface area contributed by atoms with Gasteiger partial charge in [0, 0.05) is 19.3 Å². The number of allylic oxidation sites excluding steroid dienone is 4. The maximum atomic E-state index is 11.3. The van der Waals surface area contributed by atoms with E-state index in [4.69, 9.17) is 9.47 Å². The van der Waals surface area contributed by atoms with Crippen LogP contribution in [0.3, 0.4) is 0 Å². The van der Waals surface area contributed by atoms with E-state index in [0.717, 1.165) is 18.4 Å². The fraction of sp³-hybridized carbons (Fsp3) is 0.364. The maximum Gasteiger partial charge on any atom is 0.308 e. The van der Waals surface area contributed by atoms with Crippen molar-refractivity contribution in [1.82, 2.24) is 0 Å². The van der Waals surface area contributed by atoms with Gasteiger partial charge in [0.1, 0.15) is 0 Å². The number of hydrogen-bond donors (Lipinski definition) is 0. The molecule has 1 aromatic rings. The van der Waals surface area contributed by atoms with Gasteiger partial charge in [0.25, 0.3) is 0 Å². The summed E-state index contributed by atoms with van der Waals surface area (Å²) in [6.45, 7) is 12.8. The molecule has 1 atom stereocenters. The van der Waals surface area contributed by atoms with Crippen LogP contribution in [-0.4, -0.2) is 11.9 Å². The van der Waals surface area contributed by atoms with Crippen LogP contribution in [0, 0.1) is 5.41 Å². The second-order valence-corrected chi connectivity index (χ2v) is 6.76. The minimum atomic E-state index is -0.475. The summed E-state index contributed by atoms with van der Waals surface area (Å²) < 4.78 is 10.2. The first-order valence-electron chi connectivity index (χ1n) is 8.62. The molecule has 1 rings (SSSR count). The molecule has 0 amide bonds. The molecular weight excluding hydrogens is 328 g/mol. The van der Waals surface area contributed by atoms with E-state index >= 15 is 0 Å². The topological polar surface area (TPSA) is 52.6 Å². The quantitative estimate of drug-likeness (QED) is 0.351. The summed E-state index contributed by atoms with van der Waals surface area (Å²) in [4.78, 5) is 22.5. The number of rotatable bonds is 8. The van der Waals surface area contributed by atoms with Gasteiger partial charge in [-0.3, -0.25) is 9.59 Å². The van der Waals surface area contributed by atoms with Gasteiger partial charge in [0.2, 0.25) is 0 Å². The molecule has 0 fully saturated rings. The first-order chi connectivity index (χ1) is 12.1. The van der Waals surface area contributed by atoms with Crippen LogP contribution in [0.2, 0.25) is 0 Å². The molecular formula is C22H28O4. The van der Waals surface area contributed by atoms with Crippen LogP contribution < -0.4 is 9.47 Å². The van der Waals surface area contributed by atoms with Crippen molar-refractivity contribution in [2.75, 3.05) is 0 Å². The summed E-state index contributed by atoms with van der Waals surface area (Å²) in [5.74, 6) is -0.503. The lowest BCUT2D eigenvalue weighted by molar-refractivity contribution is -0.134. The van der Waals surface area contributed by atoms with Crippen molar-refractivity contribution in [2.45, 2.75) is 47.5 Å². The van der Waals surface area contributed by atoms with Gasteiger partial charge in [-0.05, 0) is 44.4 Å². The number of carbonyl (C=O) groups is 2. The van der Waals surface area contributed by atoms with Crippen LogP contribution in [0.15, 0.2) is 48.6 Å². The Kier molecular flexibility index (Phi) is 8.04. The largest absolute Gasteiger partial charge is 0.423 e. The lowest BCUT2D eigenvalue weighted by atomic mass is 9.84. The van der Waals surface area contributed by atoms with Gasteiger partial charge in [-0.25, -0.2) is 0 Å². The maximum absolute atomic E-state index is 11.3. The molecule has 0 saturated heterocycles. The van der Waals surface area contributed by atoms with Crippen molar-refractivity contribution in [3.05, 3.63) is 54.1 Å². The van der Waals surface area contributed by atoms with Gasteiger partial charge in [-0.2, -0.15) is 0 Å². The van der Waals surface area contributed by atoms with Crippen molar-refractivity contribution in [1.29, 1.82) is 0 Å². The van der Waals surface area contributed by atoms with E-state index in [-0.39, 0.29) is 16.9 Å². The summed E-state index contributed by atoms with van der Waals surface area (Å²) in [7, 11) is 0. The number of carbonyl (C=O) groups excluding carboxylic acids is 2. The van der Waals surface area contributed by atoms with Crippen LogP contribution in [0.1, 0.15) is 53.0 Å². The predicted molar refractivity (Wildman–Crippen MR) is 105 cm³/mol. The average molecular weight is 356 g/mol. The Labute approximate surface area is 156 Å². The summed E-state index contributed by atoms with van der Waals surface area (Å²) in [6.07, 6.45) is 10.1. The van der Waals surface area contributed by atoms with Gasteiger partial charge in [0.05, 0.1) is 0 Å². The minimum Gasteiger partial charge on any atom is -0.423 e. The van der Waals surface area contributed by atoms with Crippen molar-refractivity contribution in [3.63, 3.8) is 0 Å². The molecule has 0 bridgehead atoms. The van der Waals surface area contributed by atoms with Crippen LogP contribution in [0.25, 0.3) is 6.08 Å². The third-order valence-corrected chi connectivity index (χ3v) is 3.83. The number of ether oxygens (including phenoxy) is 2. The van der Waals surface area contributed by atoms with E-state index in [1.807, 2.05) is 12.2 Å². The van der Waals surface area contributed by atoms with Gasteiger partial charge >= 0.3 is 11.9 Å². The molecule has 0 aliphatic heterocycles. The molecule has 0 radical (unpaired) electrons. The molecule has 140 valence electrons. The molecule has 0 aliphatic rings. The van der Waals surface area contributed by atoms with Crippen LogP contribution in [0.5, 0.6) is 11.5 Å². The van der Waals surface area contributed by atoms with Crippen molar-refractivity contribution < 1.29 is 19.1 Å². The van der Waals surface area contributed by atoms with Gasteiger partial charge in [0.15, 0.2) is 11.5 Å². The standard InChI is InChI=1S/C22H28O4/c1-7-22(6,13-8-9-16(2)3)14-12-19-10-11-20(25-17(4)23)21(15-19)26-18(5)24/h7,9-12,14-15H,1,8,13H2,2-6H3/b14-12+. The molecule has 0 spiro atoms. The third kappa shape index (κ3) is 7.51. The highest BCUT2D eigenvalue weighted by atomic mass is 16.6.